The van der Waals surface area contributed by atoms with E-state index in [1.54, 1.807) is 42.5 Å². The number of anilines is 1. The highest BCUT2D eigenvalue weighted by Crippen LogP contribution is 2.23. The van der Waals surface area contributed by atoms with Gasteiger partial charge in [0, 0.05) is 42.2 Å². The molecule has 0 aliphatic rings. The zero-order valence-corrected chi connectivity index (χ0v) is 20.7. The fraction of sp³-hybridized carbons (Fsp3) is 0.222. The zero-order chi connectivity index (χ0) is 26.7. The maximum atomic E-state index is 13.6. The summed E-state index contributed by atoms with van der Waals surface area (Å²) in [6.07, 6.45) is 2.36. The Kier molecular flexibility index (Phi) is 9.79. The van der Waals surface area contributed by atoms with Gasteiger partial charge in [-0.3, -0.25) is 19.4 Å². The van der Waals surface area contributed by atoms with Crippen LogP contribution in [0.4, 0.5) is 5.69 Å². The summed E-state index contributed by atoms with van der Waals surface area (Å²) in [5, 5.41) is 24.5. The van der Waals surface area contributed by atoms with E-state index in [1.807, 2.05) is 30.3 Å². The van der Waals surface area contributed by atoms with Crippen molar-refractivity contribution < 1.29 is 29.4 Å². The maximum Gasteiger partial charge on any atom is 0.350 e. The second-order valence-electron chi connectivity index (χ2n) is 8.31. The highest BCUT2D eigenvalue weighted by molar-refractivity contribution is 8.14. The summed E-state index contributed by atoms with van der Waals surface area (Å²) in [7, 11) is 0. The van der Waals surface area contributed by atoms with Crippen LogP contribution in [0.3, 0.4) is 0 Å². The number of nitrogens with one attached hydrogen (secondary N) is 2. The van der Waals surface area contributed by atoms with Crippen LogP contribution in [0.1, 0.15) is 28.8 Å². The van der Waals surface area contributed by atoms with Gasteiger partial charge in [0.25, 0.3) is 0 Å². The molecule has 0 fully saturated rings. The van der Waals surface area contributed by atoms with Gasteiger partial charge in [-0.15, -0.1) is 0 Å². The first kappa shape index (κ1) is 27.4. The number of amides is 1. The van der Waals surface area contributed by atoms with Gasteiger partial charge in [-0.25, -0.2) is 4.79 Å². The van der Waals surface area contributed by atoms with Crippen LogP contribution in [-0.4, -0.2) is 49.6 Å². The second kappa shape index (κ2) is 13.2. The lowest BCUT2D eigenvalue weighted by molar-refractivity contribution is -0.148. The molecule has 10 heteroatoms. The minimum Gasteiger partial charge on any atom is -0.481 e. The third kappa shape index (κ3) is 8.18. The molecule has 192 valence electrons. The lowest BCUT2D eigenvalue weighted by Crippen LogP contribution is -2.61. The Bertz CT molecular complexity index is 1210. The van der Waals surface area contributed by atoms with Crippen molar-refractivity contribution in [3.05, 3.63) is 96.3 Å². The lowest BCUT2D eigenvalue weighted by atomic mass is 9.97. The fourth-order valence-corrected chi connectivity index (χ4v) is 4.54. The average Bonchev–Trinajstić information content (AvgIpc) is 2.91. The molecule has 1 heterocycles. The number of hydrogen-bond donors (Lipinski definition) is 4. The average molecular weight is 522 g/mol. The first-order valence-electron chi connectivity index (χ1n) is 11.5. The molecule has 0 radical (unpaired) electrons. The summed E-state index contributed by atoms with van der Waals surface area (Å²) in [6, 6.07) is 20.7. The molecule has 0 bridgehead atoms. The molecule has 2 unspecified atom stereocenters. The quantitative estimate of drug-likeness (QED) is 0.247. The van der Waals surface area contributed by atoms with E-state index in [1.165, 1.54) is 12.4 Å². The highest BCUT2D eigenvalue weighted by atomic mass is 32.2. The van der Waals surface area contributed by atoms with Crippen LogP contribution < -0.4 is 10.6 Å². The van der Waals surface area contributed by atoms with Crippen LogP contribution in [0.15, 0.2) is 85.2 Å². The third-order valence-corrected chi connectivity index (χ3v) is 6.64. The van der Waals surface area contributed by atoms with E-state index >= 15 is 0 Å². The van der Waals surface area contributed by atoms with Gasteiger partial charge in [0.05, 0.1) is 5.92 Å². The molecule has 0 aliphatic carbocycles. The van der Waals surface area contributed by atoms with E-state index in [0.29, 0.717) is 11.3 Å². The number of hydrogen-bond acceptors (Lipinski definition) is 7. The molecular formula is C27H27N3O6S. The SMILES string of the molecule is O=C(O)CCC(NC(=O)C(CSC(=O)c1ccncc1)Cc1ccccc1)(Nc1ccccc1)C(=O)O. The van der Waals surface area contributed by atoms with Gasteiger partial charge in [-0.1, -0.05) is 60.3 Å². The number of nitrogens with zero attached hydrogens (tertiary/aromatic N) is 1. The molecule has 3 aromatic rings. The Balaban J connectivity index is 1.86. The van der Waals surface area contributed by atoms with Crippen LogP contribution in [0.5, 0.6) is 0 Å². The predicted octanol–water partition coefficient (Wildman–Crippen LogP) is 3.69. The van der Waals surface area contributed by atoms with E-state index in [0.717, 1.165) is 17.3 Å². The van der Waals surface area contributed by atoms with Crippen molar-refractivity contribution in [3.8, 4) is 0 Å². The molecule has 0 saturated heterocycles. The third-order valence-electron chi connectivity index (χ3n) is 5.57. The topological polar surface area (TPSA) is 146 Å². The van der Waals surface area contributed by atoms with Gasteiger partial charge in [-0.05, 0) is 36.2 Å². The van der Waals surface area contributed by atoms with Crippen molar-refractivity contribution >= 4 is 40.4 Å². The molecule has 1 aromatic heterocycles. The molecule has 0 spiro atoms. The Hall–Kier alpha value is -4.18. The van der Waals surface area contributed by atoms with Crippen molar-refractivity contribution in [3.63, 3.8) is 0 Å². The number of para-hydroxylation sites is 1. The van der Waals surface area contributed by atoms with E-state index in [-0.39, 0.29) is 17.3 Å². The number of rotatable bonds is 13. The summed E-state index contributed by atoms with van der Waals surface area (Å²) < 4.78 is 0. The first-order valence-corrected chi connectivity index (χ1v) is 12.5. The summed E-state index contributed by atoms with van der Waals surface area (Å²) in [4.78, 5) is 53.9. The van der Waals surface area contributed by atoms with Crippen molar-refractivity contribution in [1.29, 1.82) is 0 Å². The number of pyridine rings is 1. The molecule has 4 N–H and O–H groups in total. The number of aliphatic carboxylic acids is 2. The predicted molar refractivity (Wildman–Crippen MR) is 140 cm³/mol. The molecule has 1 amide bonds. The summed E-state index contributed by atoms with van der Waals surface area (Å²) in [5.74, 6) is -3.93. The zero-order valence-electron chi connectivity index (χ0n) is 19.9. The maximum absolute atomic E-state index is 13.6. The van der Waals surface area contributed by atoms with Crippen molar-refractivity contribution in [2.75, 3.05) is 11.1 Å². The lowest BCUT2D eigenvalue weighted by Gasteiger charge is -2.33. The molecule has 3 rings (SSSR count). The van der Waals surface area contributed by atoms with Gasteiger partial charge in [0.2, 0.25) is 16.7 Å². The molecule has 0 saturated carbocycles. The minimum absolute atomic E-state index is 0.0852. The minimum atomic E-state index is -2.08. The molecule has 2 atom stereocenters. The number of aromatic nitrogens is 1. The largest absolute Gasteiger partial charge is 0.481 e. The number of carboxylic acids is 2. The van der Waals surface area contributed by atoms with Crippen LogP contribution in [0, 0.1) is 5.92 Å². The van der Waals surface area contributed by atoms with Gasteiger partial charge in [0.1, 0.15) is 0 Å². The second-order valence-corrected chi connectivity index (χ2v) is 9.30. The monoisotopic (exact) mass is 521 g/mol. The van der Waals surface area contributed by atoms with Crippen LogP contribution in [-0.2, 0) is 20.8 Å². The van der Waals surface area contributed by atoms with Gasteiger partial charge in [0.15, 0.2) is 0 Å². The van der Waals surface area contributed by atoms with Crippen molar-refractivity contribution in [1.82, 2.24) is 10.3 Å². The Morgan fingerprint density at radius 1 is 0.892 bits per heavy atom. The molecule has 2 aromatic carbocycles. The number of carbonyl (C=O) groups excluding carboxylic acids is 2. The standard InChI is InChI=1S/C27H27N3O6S/c31-23(32)11-14-27(26(35)36,29-22-9-5-2-6-10-22)30-24(33)21(17-19-7-3-1-4-8-19)18-37-25(34)20-12-15-28-16-13-20/h1-10,12-13,15-16,21,29H,11,14,17-18H2,(H,30,33)(H,31,32)(H,35,36). The smallest absolute Gasteiger partial charge is 0.350 e. The molecule has 37 heavy (non-hydrogen) atoms. The summed E-state index contributed by atoms with van der Waals surface area (Å²) in [6.45, 7) is 0. The van der Waals surface area contributed by atoms with E-state index in [9.17, 15) is 29.4 Å². The van der Waals surface area contributed by atoms with Gasteiger partial charge >= 0.3 is 11.9 Å². The highest BCUT2D eigenvalue weighted by Gasteiger charge is 2.42. The number of benzene rings is 2. The number of thioether (sulfide) groups is 1. The van der Waals surface area contributed by atoms with Crippen molar-refractivity contribution in [2.24, 2.45) is 5.92 Å². The van der Waals surface area contributed by atoms with E-state index in [4.69, 9.17) is 0 Å². The fourth-order valence-electron chi connectivity index (χ4n) is 3.62. The normalized spacial score (nSPS) is 13.1. The van der Waals surface area contributed by atoms with Crippen LogP contribution >= 0.6 is 11.8 Å². The number of carbonyl (C=O) groups is 4. The van der Waals surface area contributed by atoms with Gasteiger partial charge in [-0.2, -0.15) is 0 Å². The van der Waals surface area contributed by atoms with Gasteiger partial charge < -0.3 is 20.8 Å². The van der Waals surface area contributed by atoms with E-state index in [2.05, 4.69) is 15.6 Å². The molecule has 0 aliphatic heterocycles. The number of carboxylic acid groups (broad SMARTS) is 2. The Morgan fingerprint density at radius 2 is 1.51 bits per heavy atom. The van der Waals surface area contributed by atoms with Crippen LogP contribution in [0.2, 0.25) is 0 Å². The summed E-state index contributed by atoms with van der Waals surface area (Å²) in [5.41, 5.74) is -0.406. The first-order chi connectivity index (χ1) is 17.8. The van der Waals surface area contributed by atoms with E-state index < -0.39 is 42.3 Å². The summed E-state index contributed by atoms with van der Waals surface area (Å²) >= 11 is 0.952. The Morgan fingerprint density at radius 3 is 2.11 bits per heavy atom. The Labute approximate surface area is 218 Å². The molecule has 9 nitrogen and oxygen atoms in total. The molecular weight excluding hydrogens is 494 g/mol. The van der Waals surface area contributed by atoms with Crippen molar-refractivity contribution in [2.45, 2.75) is 24.9 Å². The van der Waals surface area contributed by atoms with Crippen LogP contribution in [0.25, 0.3) is 0 Å².